The van der Waals surface area contributed by atoms with Gasteiger partial charge in [-0.3, -0.25) is 9.59 Å². The molecule has 0 aliphatic rings. The number of methoxy groups -OCH3 is 2. The lowest BCUT2D eigenvalue weighted by Crippen LogP contribution is -2.43. The van der Waals surface area contributed by atoms with Gasteiger partial charge in [-0.2, -0.15) is 0 Å². The van der Waals surface area contributed by atoms with Gasteiger partial charge in [0.15, 0.2) is 0 Å². The van der Waals surface area contributed by atoms with Gasteiger partial charge in [0, 0.05) is 17.2 Å². The Morgan fingerprint density at radius 1 is 0.931 bits per heavy atom. The predicted molar refractivity (Wildman–Crippen MR) is 109 cm³/mol. The van der Waals surface area contributed by atoms with Crippen LogP contribution in [-0.2, 0) is 10.2 Å². The number of phenols is 1. The minimum absolute atomic E-state index is 0.0603. The molecule has 3 aromatic carbocycles. The fraction of sp³-hybridized carbons (Fsp3) is 0.130. The van der Waals surface area contributed by atoms with Gasteiger partial charge in [-0.15, -0.1) is 0 Å². The maximum atomic E-state index is 13.1. The quantitative estimate of drug-likeness (QED) is 0.476. The monoisotopic (exact) mass is 391 g/mol. The highest BCUT2D eigenvalue weighted by molar-refractivity contribution is 5.96. The van der Waals surface area contributed by atoms with Crippen molar-refractivity contribution in [3.05, 3.63) is 89.0 Å². The number of benzene rings is 3. The fourth-order valence-corrected chi connectivity index (χ4v) is 3.53. The topological polar surface area (TPSA) is 98.9 Å². The van der Waals surface area contributed by atoms with Crippen LogP contribution in [0.4, 0.5) is 0 Å². The van der Waals surface area contributed by atoms with Gasteiger partial charge in [-0.25, -0.2) is 0 Å². The molecule has 0 aromatic heterocycles. The largest absolute Gasteiger partial charge is 0.508 e. The summed E-state index contributed by atoms with van der Waals surface area (Å²) < 4.78 is 10.8. The summed E-state index contributed by atoms with van der Waals surface area (Å²) in [6.45, 7) is 0. The number of aldehydes is 1. The Bertz CT molecular complexity index is 1030. The fourth-order valence-electron chi connectivity index (χ4n) is 3.53. The number of rotatable bonds is 7. The van der Waals surface area contributed by atoms with Crippen LogP contribution in [0.2, 0.25) is 0 Å². The van der Waals surface area contributed by atoms with Gasteiger partial charge in [0.1, 0.15) is 28.9 Å². The Hall–Kier alpha value is -3.80. The number of nitrogens with two attached hydrogens (primary N) is 1. The van der Waals surface area contributed by atoms with Gasteiger partial charge in [0.25, 0.3) is 0 Å². The first kappa shape index (κ1) is 19.9. The van der Waals surface area contributed by atoms with Crippen molar-refractivity contribution >= 4 is 12.2 Å². The molecule has 1 atom stereocenters. The molecule has 29 heavy (non-hydrogen) atoms. The van der Waals surface area contributed by atoms with E-state index in [1.54, 1.807) is 54.6 Å². The van der Waals surface area contributed by atoms with Crippen LogP contribution in [0.15, 0.2) is 66.7 Å². The number of carbonyl (C=O) groups is 2. The molecule has 0 spiro atoms. The smallest absolute Gasteiger partial charge is 0.237 e. The number of aromatic hydroxyl groups is 1. The Labute approximate surface area is 168 Å². The van der Waals surface area contributed by atoms with Crippen LogP contribution >= 0.6 is 0 Å². The highest BCUT2D eigenvalue weighted by atomic mass is 16.5. The molecule has 3 aromatic rings. The minimum atomic E-state index is -1.42. The van der Waals surface area contributed by atoms with Crippen LogP contribution in [0.3, 0.4) is 0 Å². The summed E-state index contributed by atoms with van der Waals surface area (Å²) >= 11 is 0. The number of ether oxygens (including phenoxy) is 2. The minimum Gasteiger partial charge on any atom is -0.508 e. The number of primary amides is 1. The molecule has 0 fully saturated rings. The Morgan fingerprint density at radius 2 is 1.52 bits per heavy atom. The lowest BCUT2D eigenvalue weighted by atomic mass is 9.68. The summed E-state index contributed by atoms with van der Waals surface area (Å²) in [4.78, 5) is 24.2. The van der Waals surface area contributed by atoms with E-state index in [0.717, 1.165) is 6.29 Å². The van der Waals surface area contributed by atoms with E-state index in [9.17, 15) is 14.7 Å². The van der Waals surface area contributed by atoms with Gasteiger partial charge < -0.3 is 20.3 Å². The molecular formula is C23H21NO5. The first-order chi connectivity index (χ1) is 14.0. The SMILES string of the molecule is COc1ccc(C(C(N)=O)(c2ccc(O)cc2)c2ccc(C=O)cc2)c(OC)c1. The summed E-state index contributed by atoms with van der Waals surface area (Å²) in [5, 5.41) is 9.74. The molecular weight excluding hydrogens is 370 g/mol. The molecule has 0 aliphatic heterocycles. The van der Waals surface area contributed by atoms with Crippen molar-refractivity contribution in [3.8, 4) is 17.2 Å². The molecule has 1 unspecified atom stereocenters. The summed E-state index contributed by atoms with van der Waals surface area (Å²) in [6, 6.07) is 18.0. The third-order valence-electron chi connectivity index (χ3n) is 4.96. The normalized spacial score (nSPS) is 12.6. The molecule has 0 bridgehead atoms. The van der Waals surface area contributed by atoms with Crippen molar-refractivity contribution in [2.24, 2.45) is 5.73 Å². The molecule has 0 radical (unpaired) electrons. The van der Waals surface area contributed by atoms with Crippen LogP contribution in [0, 0.1) is 0 Å². The van der Waals surface area contributed by atoms with Gasteiger partial charge in [0.05, 0.1) is 14.2 Å². The summed E-state index contributed by atoms with van der Waals surface area (Å²) in [7, 11) is 3.03. The van der Waals surface area contributed by atoms with E-state index < -0.39 is 11.3 Å². The number of carbonyl (C=O) groups excluding carboxylic acids is 2. The third kappa shape index (κ3) is 3.40. The molecule has 148 valence electrons. The van der Waals surface area contributed by atoms with E-state index in [1.165, 1.54) is 26.4 Å². The van der Waals surface area contributed by atoms with Crippen LogP contribution in [0.25, 0.3) is 0 Å². The van der Waals surface area contributed by atoms with Gasteiger partial charge in [-0.1, -0.05) is 36.4 Å². The van der Waals surface area contributed by atoms with Gasteiger partial charge >= 0.3 is 0 Å². The maximum Gasteiger partial charge on any atom is 0.237 e. The number of hydrogen-bond donors (Lipinski definition) is 2. The van der Waals surface area contributed by atoms with E-state index in [-0.39, 0.29) is 5.75 Å². The highest BCUT2D eigenvalue weighted by Crippen LogP contribution is 2.44. The zero-order valence-corrected chi connectivity index (χ0v) is 16.1. The van der Waals surface area contributed by atoms with Crippen molar-refractivity contribution in [2.75, 3.05) is 14.2 Å². The molecule has 3 N–H and O–H groups in total. The maximum absolute atomic E-state index is 13.1. The van der Waals surface area contributed by atoms with Crippen LogP contribution < -0.4 is 15.2 Å². The van der Waals surface area contributed by atoms with E-state index in [1.807, 2.05) is 0 Å². The van der Waals surface area contributed by atoms with Crippen LogP contribution in [0.5, 0.6) is 17.2 Å². The highest BCUT2D eigenvalue weighted by Gasteiger charge is 2.44. The predicted octanol–water partition coefficient (Wildman–Crippen LogP) is 3.04. The van der Waals surface area contributed by atoms with Crippen molar-refractivity contribution in [1.82, 2.24) is 0 Å². The second-order valence-electron chi connectivity index (χ2n) is 6.47. The van der Waals surface area contributed by atoms with Crippen molar-refractivity contribution in [1.29, 1.82) is 0 Å². The Morgan fingerprint density at radius 3 is 2.00 bits per heavy atom. The number of amides is 1. The van der Waals surface area contributed by atoms with Crippen LogP contribution in [0.1, 0.15) is 27.0 Å². The second-order valence-corrected chi connectivity index (χ2v) is 6.47. The summed E-state index contributed by atoms with van der Waals surface area (Å²) in [5.74, 6) is 0.400. The Kier molecular flexibility index (Phi) is 5.54. The Balaban J connectivity index is 2.40. The van der Waals surface area contributed by atoms with E-state index in [0.29, 0.717) is 33.8 Å². The third-order valence-corrected chi connectivity index (χ3v) is 4.96. The standard InChI is InChI=1S/C23H21NO5/c1-28-19-11-12-20(21(13-19)29-2)23(22(24)27,17-7-9-18(26)10-8-17)16-5-3-15(14-25)4-6-16/h3-14,26H,1-2H3,(H2,24,27). The molecule has 0 saturated carbocycles. The van der Waals surface area contributed by atoms with Crippen LogP contribution in [-0.4, -0.2) is 31.5 Å². The molecule has 1 amide bonds. The summed E-state index contributed by atoms with van der Waals surface area (Å²) in [6.07, 6.45) is 0.726. The molecule has 0 aliphatic carbocycles. The van der Waals surface area contributed by atoms with E-state index in [4.69, 9.17) is 15.2 Å². The van der Waals surface area contributed by atoms with E-state index in [2.05, 4.69) is 0 Å². The second kappa shape index (κ2) is 8.06. The molecule has 3 rings (SSSR count). The first-order valence-corrected chi connectivity index (χ1v) is 8.85. The van der Waals surface area contributed by atoms with E-state index >= 15 is 0 Å². The lowest BCUT2D eigenvalue weighted by Gasteiger charge is -2.34. The van der Waals surface area contributed by atoms with Gasteiger partial charge in [0.2, 0.25) is 5.91 Å². The molecule has 6 heteroatoms. The number of phenolic OH excluding ortho intramolecular Hbond substituents is 1. The lowest BCUT2D eigenvalue weighted by molar-refractivity contribution is -0.121. The van der Waals surface area contributed by atoms with Gasteiger partial charge in [-0.05, 0) is 35.4 Å². The van der Waals surface area contributed by atoms with Crippen molar-refractivity contribution < 1.29 is 24.2 Å². The average Bonchev–Trinajstić information content (AvgIpc) is 2.75. The zero-order chi connectivity index (χ0) is 21.0. The molecule has 0 saturated heterocycles. The van der Waals surface area contributed by atoms with Crippen molar-refractivity contribution in [2.45, 2.75) is 5.41 Å². The molecule has 0 heterocycles. The number of hydrogen-bond acceptors (Lipinski definition) is 5. The average molecular weight is 391 g/mol. The molecule has 6 nitrogen and oxygen atoms in total. The first-order valence-electron chi connectivity index (χ1n) is 8.85. The zero-order valence-electron chi connectivity index (χ0n) is 16.1. The van der Waals surface area contributed by atoms with Crippen molar-refractivity contribution in [3.63, 3.8) is 0 Å². The summed E-state index contributed by atoms with van der Waals surface area (Å²) in [5.41, 5.74) is 6.68.